The molecule has 0 radical (unpaired) electrons. The molecule has 4 rings (SSSR count). The van der Waals surface area contributed by atoms with Crippen molar-refractivity contribution < 1.29 is 9.21 Å². The Bertz CT molecular complexity index is 937. The number of oxazole rings is 1. The van der Waals surface area contributed by atoms with Gasteiger partial charge in [0.15, 0.2) is 0 Å². The molecule has 0 saturated heterocycles. The zero-order valence-corrected chi connectivity index (χ0v) is 16.9. The standard InChI is InChI=1S/C22H21ClN2O2S/c23-18-8-6-17(7-9-18)22(10-11-22)15-24-20(26)14-28-13-19-12-27-21(25-19)16-4-2-1-3-5-16/h1-9,12H,10-11,13-15H2,(H,24,26). The van der Waals surface area contributed by atoms with Crippen LogP contribution in [-0.2, 0) is 16.0 Å². The summed E-state index contributed by atoms with van der Waals surface area (Å²) >= 11 is 7.51. The SMILES string of the molecule is O=C(CSCc1coc(-c2ccccc2)n1)NCC1(c2ccc(Cl)cc2)CC1. The summed E-state index contributed by atoms with van der Waals surface area (Å²) in [5, 5.41) is 3.82. The number of hydrogen-bond acceptors (Lipinski definition) is 4. The van der Waals surface area contributed by atoms with Crippen molar-refractivity contribution in [3.63, 3.8) is 0 Å². The van der Waals surface area contributed by atoms with Gasteiger partial charge in [-0.05, 0) is 42.7 Å². The van der Waals surface area contributed by atoms with E-state index in [2.05, 4.69) is 22.4 Å². The Morgan fingerprint density at radius 2 is 1.89 bits per heavy atom. The van der Waals surface area contributed by atoms with Crippen molar-refractivity contribution in [3.05, 3.63) is 77.1 Å². The molecule has 1 aromatic heterocycles. The molecule has 1 aliphatic rings. The van der Waals surface area contributed by atoms with E-state index in [9.17, 15) is 4.79 Å². The highest BCUT2D eigenvalue weighted by molar-refractivity contribution is 7.99. The number of amides is 1. The number of nitrogens with one attached hydrogen (secondary N) is 1. The number of nitrogens with zero attached hydrogens (tertiary/aromatic N) is 1. The highest BCUT2D eigenvalue weighted by Crippen LogP contribution is 2.47. The van der Waals surface area contributed by atoms with Crippen LogP contribution in [0.15, 0.2) is 65.3 Å². The van der Waals surface area contributed by atoms with Gasteiger partial charge in [-0.15, -0.1) is 11.8 Å². The van der Waals surface area contributed by atoms with Gasteiger partial charge < -0.3 is 9.73 Å². The fraction of sp³-hybridized carbons (Fsp3) is 0.273. The van der Waals surface area contributed by atoms with Gasteiger partial charge in [0.25, 0.3) is 0 Å². The van der Waals surface area contributed by atoms with E-state index in [0.717, 1.165) is 29.1 Å². The van der Waals surface area contributed by atoms with E-state index in [1.165, 1.54) is 17.3 Å². The highest BCUT2D eigenvalue weighted by Gasteiger charge is 2.44. The van der Waals surface area contributed by atoms with Gasteiger partial charge in [0.2, 0.25) is 11.8 Å². The third-order valence-electron chi connectivity index (χ3n) is 4.99. The zero-order valence-electron chi connectivity index (χ0n) is 15.4. The minimum Gasteiger partial charge on any atom is -0.444 e. The molecule has 28 heavy (non-hydrogen) atoms. The first kappa shape index (κ1) is 19.1. The smallest absolute Gasteiger partial charge is 0.230 e. The van der Waals surface area contributed by atoms with Crippen LogP contribution in [0.5, 0.6) is 0 Å². The summed E-state index contributed by atoms with van der Waals surface area (Å²) in [7, 11) is 0. The lowest BCUT2D eigenvalue weighted by Crippen LogP contribution is -2.33. The summed E-state index contributed by atoms with van der Waals surface area (Å²) in [6.45, 7) is 0.677. The molecule has 144 valence electrons. The Labute approximate surface area is 173 Å². The average molecular weight is 413 g/mol. The topological polar surface area (TPSA) is 55.1 Å². The van der Waals surface area contributed by atoms with E-state index >= 15 is 0 Å². The molecule has 1 saturated carbocycles. The van der Waals surface area contributed by atoms with Crippen LogP contribution in [0.3, 0.4) is 0 Å². The Kier molecular flexibility index (Phi) is 5.74. The summed E-state index contributed by atoms with van der Waals surface area (Å²) in [5.41, 5.74) is 3.13. The molecule has 3 aromatic rings. The van der Waals surface area contributed by atoms with Gasteiger partial charge in [0.05, 0.1) is 11.4 Å². The van der Waals surface area contributed by atoms with Crippen LogP contribution in [0.2, 0.25) is 5.02 Å². The van der Waals surface area contributed by atoms with Crippen LogP contribution in [0, 0.1) is 0 Å². The van der Waals surface area contributed by atoms with Crippen molar-refractivity contribution in [2.75, 3.05) is 12.3 Å². The van der Waals surface area contributed by atoms with Crippen molar-refractivity contribution in [2.45, 2.75) is 24.0 Å². The lowest BCUT2D eigenvalue weighted by molar-refractivity contribution is -0.118. The predicted molar refractivity (Wildman–Crippen MR) is 113 cm³/mol. The molecule has 1 heterocycles. The molecule has 0 aliphatic heterocycles. The fourth-order valence-corrected chi connectivity index (χ4v) is 4.03. The normalized spacial score (nSPS) is 14.6. The van der Waals surface area contributed by atoms with Gasteiger partial charge in [-0.2, -0.15) is 0 Å². The van der Waals surface area contributed by atoms with E-state index in [1.807, 2.05) is 42.5 Å². The second-order valence-corrected chi connectivity index (χ2v) is 8.49. The zero-order chi connectivity index (χ0) is 19.4. The Balaban J connectivity index is 1.22. The van der Waals surface area contributed by atoms with Crippen molar-refractivity contribution >= 4 is 29.3 Å². The molecule has 4 nitrogen and oxygen atoms in total. The molecular formula is C22H21ClN2O2S. The Morgan fingerprint density at radius 1 is 1.14 bits per heavy atom. The minimum absolute atomic E-state index is 0.0528. The van der Waals surface area contributed by atoms with Crippen LogP contribution in [-0.4, -0.2) is 23.2 Å². The van der Waals surface area contributed by atoms with Crippen LogP contribution >= 0.6 is 23.4 Å². The third kappa shape index (κ3) is 4.59. The number of benzene rings is 2. The number of carbonyl (C=O) groups excluding carboxylic acids is 1. The number of aromatic nitrogens is 1. The van der Waals surface area contributed by atoms with Crippen molar-refractivity contribution in [1.29, 1.82) is 0 Å². The number of rotatable bonds is 8. The maximum Gasteiger partial charge on any atom is 0.230 e. The lowest BCUT2D eigenvalue weighted by Gasteiger charge is -2.16. The van der Waals surface area contributed by atoms with Gasteiger partial charge in [-0.1, -0.05) is 41.9 Å². The number of hydrogen-bond donors (Lipinski definition) is 1. The van der Waals surface area contributed by atoms with E-state index in [-0.39, 0.29) is 11.3 Å². The molecule has 0 atom stereocenters. The largest absolute Gasteiger partial charge is 0.444 e. The van der Waals surface area contributed by atoms with Gasteiger partial charge in [0, 0.05) is 28.3 Å². The van der Waals surface area contributed by atoms with Crippen LogP contribution < -0.4 is 5.32 Å². The Morgan fingerprint density at radius 3 is 2.61 bits per heavy atom. The number of thioether (sulfide) groups is 1. The summed E-state index contributed by atoms with van der Waals surface area (Å²) in [4.78, 5) is 16.7. The first-order valence-corrected chi connectivity index (χ1v) is 10.8. The lowest BCUT2D eigenvalue weighted by atomic mass is 9.96. The van der Waals surface area contributed by atoms with Crippen LogP contribution in [0.4, 0.5) is 0 Å². The van der Waals surface area contributed by atoms with E-state index in [0.29, 0.717) is 23.9 Å². The second kappa shape index (κ2) is 8.41. The second-order valence-electron chi connectivity index (χ2n) is 7.07. The maximum absolute atomic E-state index is 12.2. The monoisotopic (exact) mass is 412 g/mol. The van der Waals surface area contributed by atoms with Crippen molar-refractivity contribution in [1.82, 2.24) is 10.3 Å². The summed E-state index contributed by atoms with van der Waals surface area (Å²) in [6.07, 6.45) is 3.86. The highest BCUT2D eigenvalue weighted by atomic mass is 35.5. The molecule has 2 aromatic carbocycles. The summed E-state index contributed by atoms with van der Waals surface area (Å²) < 4.78 is 5.53. The Hall–Kier alpha value is -2.24. The first-order valence-electron chi connectivity index (χ1n) is 9.25. The number of carbonyl (C=O) groups is 1. The van der Waals surface area contributed by atoms with Crippen molar-refractivity contribution in [2.24, 2.45) is 0 Å². The molecule has 1 aliphatic carbocycles. The molecule has 0 bridgehead atoms. The fourth-order valence-electron chi connectivity index (χ4n) is 3.18. The average Bonchev–Trinajstić information content (AvgIpc) is 3.37. The van der Waals surface area contributed by atoms with Gasteiger partial charge in [-0.25, -0.2) is 4.98 Å². The summed E-state index contributed by atoms with van der Waals surface area (Å²) in [6, 6.07) is 17.7. The van der Waals surface area contributed by atoms with Crippen LogP contribution in [0.1, 0.15) is 24.1 Å². The molecule has 1 amide bonds. The quantitative estimate of drug-likeness (QED) is 0.560. The van der Waals surface area contributed by atoms with E-state index in [1.54, 1.807) is 6.26 Å². The molecule has 1 N–H and O–H groups in total. The molecular weight excluding hydrogens is 392 g/mol. The first-order chi connectivity index (χ1) is 13.6. The van der Waals surface area contributed by atoms with Gasteiger partial charge >= 0.3 is 0 Å². The number of halogens is 1. The van der Waals surface area contributed by atoms with E-state index in [4.69, 9.17) is 16.0 Å². The van der Waals surface area contributed by atoms with E-state index < -0.39 is 0 Å². The molecule has 1 fully saturated rings. The van der Waals surface area contributed by atoms with Gasteiger partial charge in [0.1, 0.15) is 6.26 Å². The molecule has 0 unspecified atom stereocenters. The van der Waals surface area contributed by atoms with Crippen LogP contribution in [0.25, 0.3) is 11.5 Å². The minimum atomic E-state index is 0.0528. The summed E-state index contributed by atoms with van der Waals surface area (Å²) in [5.74, 6) is 1.72. The molecule has 6 heteroatoms. The van der Waals surface area contributed by atoms with Crippen molar-refractivity contribution in [3.8, 4) is 11.5 Å². The molecule has 0 spiro atoms. The maximum atomic E-state index is 12.2. The third-order valence-corrected chi connectivity index (χ3v) is 6.21. The predicted octanol–water partition coefficient (Wildman–Crippen LogP) is 5.08. The van der Waals surface area contributed by atoms with Gasteiger partial charge in [-0.3, -0.25) is 4.79 Å².